The summed E-state index contributed by atoms with van der Waals surface area (Å²) < 4.78 is 0. The molecule has 104 valence electrons. The van der Waals surface area contributed by atoms with Gasteiger partial charge in [-0.1, -0.05) is 25.5 Å². The molecule has 0 aliphatic carbocycles. The number of hydrogen-bond acceptors (Lipinski definition) is 3. The topological polar surface area (TPSA) is 39.4 Å². The second-order valence-corrected chi connectivity index (χ2v) is 5.25. The third-order valence-corrected chi connectivity index (χ3v) is 3.58. The lowest BCUT2D eigenvalue weighted by molar-refractivity contribution is 0.359. The van der Waals surface area contributed by atoms with Crippen molar-refractivity contribution in [1.29, 1.82) is 5.26 Å². The normalized spacial score (nSPS) is 14.1. The van der Waals surface area contributed by atoms with Crippen LogP contribution < -0.4 is 0 Å². The zero-order valence-electron chi connectivity index (χ0n) is 12.3. The Morgan fingerprint density at radius 3 is 2.70 bits per heavy atom. The fraction of sp³-hybridized carbons (Fsp3) is 0.412. The van der Waals surface area contributed by atoms with Gasteiger partial charge in [-0.3, -0.25) is 4.99 Å². The van der Waals surface area contributed by atoms with E-state index < -0.39 is 0 Å². The van der Waals surface area contributed by atoms with Crippen molar-refractivity contribution in [2.24, 2.45) is 4.99 Å². The van der Waals surface area contributed by atoms with Crippen LogP contribution in [0.1, 0.15) is 30.9 Å². The van der Waals surface area contributed by atoms with Gasteiger partial charge in [-0.2, -0.15) is 5.26 Å². The largest absolute Gasteiger partial charge is 0.302 e. The van der Waals surface area contributed by atoms with Crippen LogP contribution in [0, 0.1) is 11.3 Å². The molecular weight excluding hydrogens is 246 g/mol. The van der Waals surface area contributed by atoms with Crippen LogP contribution in [0.25, 0.3) is 5.57 Å². The van der Waals surface area contributed by atoms with E-state index in [9.17, 15) is 0 Å². The number of nitriles is 1. The zero-order valence-corrected chi connectivity index (χ0v) is 12.3. The van der Waals surface area contributed by atoms with Crippen LogP contribution in [0.3, 0.4) is 0 Å². The molecule has 3 nitrogen and oxygen atoms in total. The third-order valence-electron chi connectivity index (χ3n) is 3.58. The highest BCUT2D eigenvalue weighted by molar-refractivity contribution is 5.96. The van der Waals surface area contributed by atoms with E-state index in [4.69, 9.17) is 5.26 Å². The maximum absolute atomic E-state index is 8.85. The highest BCUT2D eigenvalue weighted by atomic mass is 15.1. The molecule has 0 spiro atoms. The summed E-state index contributed by atoms with van der Waals surface area (Å²) in [4.78, 5) is 6.75. The fourth-order valence-corrected chi connectivity index (χ4v) is 2.38. The van der Waals surface area contributed by atoms with Crippen LogP contribution in [0.5, 0.6) is 0 Å². The predicted molar refractivity (Wildman–Crippen MR) is 83.8 cm³/mol. The molecule has 20 heavy (non-hydrogen) atoms. The molecule has 0 radical (unpaired) electrons. The Labute approximate surface area is 121 Å². The molecule has 0 fully saturated rings. The molecule has 1 heterocycles. The summed E-state index contributed by atoms with van der Waals surface area (Å²) in [5.41, 5.74) is 4.47. The second kappa shape index (κ2) is 7.02. The Kier molecular flexibility index (Phi) is 5.09. The van der Waals surface area contributed by atoms with E-state index >= 15 is 0 Å². The number of nitrogens with zero attached hydrogens (tertiary/aromatic N) is 3. The molecule has 1 aromatic rings. The van der Waals surface area contributed by atoms with Crippen molar-refractivity contribution >= 4 is 11.8 Å². The van der Waals surface area contributed by atoms with Gasteiger partial charge in [0.2, 0.25) is 0 Å². The minimum atomic E-state index is 0.704. The standard InChI is InChI=1S/C17H21N3/c1-3-4-9-20(2)13-16-11-19-12-17(16)15-7-5-14(10-18)6-8-15/h5-8,11H,3-4,9,12-13H2,1-2H3. The van der Waals surface area contributed by atoms with Gasteiger partial charge < -0.3 is 4.90 Å². The van der Waals surface area contributed by atoms with E-state index in [0.717, 1.165) is 19.6 Å². The van der Waals surface area contributed by atoms with Crippen molar-refractivity contribution in [3.8, 4) is 6.07 Å². The summed E-state index contributed by atoms with van der Waals surface area (Å²) in [5.74, 6) is 0. The number of rotatable bonds is 6. The monoisotopic (exact) mass is 267 g/mol. The van der Waals surface area contributed by atoms with E-state index in [1.165, 1.54) is 29.6 Å². The lowest BCUT2D eigenvalue weighted by atomic mass is 10.0. The molecule has 0 amide bonds. The number of unbranched alkanes of at least 4 members (excludes halogenated alkanes) is 1. The van der Waals surface area contributed by atoms with Crippen LogP contribution in [0.2, 0.25) is 0 Å². The number of benzene rings is 1. The van der Waals surface area contributed by atoms with Crippen LogP contribution in [0.15, 0.2) is 34.8 Å². The number of hydrogen-bond donors (Lipinski definition) is 0. The summed E-state index contributed by atoms with van der Waals surface area (Å²) in [7, 11) is 2.16. The molecule has 0 aromatic heterocycles. The molecule has 0 N–H and O–H groups in total. The number of aliphatic imine (C=N–C) groups is 1. The van der Waals surface area contributed by atoms with Gasteiger partial charge in [0.1, 0.15) is 0 Å². The average molecular weight is 267 g/mol. The van der Waals surface area contributed by atoms with Gasteiger partial charge in [-0.05, 0) is 48.9 Å². The van der Waals surface area contributed by atoms with Crippen molar-refractivity contribution in [3.05, 3.63) is 41.0 Å². The lowest BCUT2D eigenvalue weighted by Crippen LogP contribution is -2.22. The van der Waals surface area contributed by atoms with E-state index in [0.29, 0.717) is 5.56 Å². The highest BCUT2D eigenvalue weighted by Crippen LogP contribution is 2.23. The smallest absolute Gasteiger partial charge is 0.0991 e. The van der Waals surface area contributed by atoms with E-state index in [2.05, 4.69) is 29.9 Å². The molecule has 0 saturated heterocycles. The minimum Gasteiger partial charge on any atom is -0.302 e. The van der Waals surface area contributed by atoms with Gasteiger partial charge in [0.05, 0.1) is 18.2 Å². The first-order valence-electron chi connectivity index (χ1n) is 7.15. The molecule has 0 bridgehead atoms. The molecule has 0 atom stereocenters. The maximum Gasteiger partial charge on any atom is 0.0991 e. The second-order valence-electron chi connectivity index (χ2n) is 5.25. The predicted octanol–water partition coefficient (Wildman–Crippen LogP) is 3.13. The molecule has 0 unspecified atom stereocenters. The van der Waals surface area contributed by atoms with Crippen LogP contribution >= 0.6 is 0 Å². The van der Waals surface area contributed by atoms with Gasteiger partial charge in [-0.15, -0.1) is 0 Å². The third kappa shape index (κ3) is 3.55. The molecule has 2 rings (SSSR count). The Bertz CT molecular complexity index is 547. The van der Waals surface area contributed by atoms with Crippen molar-refractivity contribution < 1.29 is 0 Å². The average Bonchev–Trinajstić information content (AvgIpc) is 2.93. The minimum absolute atomic E-state index is 0.704. The Morgan fingerprint density at radius 1 is 1.30 bits per heavy atom. The first-order chi connectivity index (χ1) is 9.74. The molecule has 0 saturated carbocycles. The van der Waals surface area contributed by atoms with Crippen molar-refractivity contribution in [2.75, 3.05) is 26.7 Å². The SMILES string of the molecule is CCCCN(C)CC1=C(c2ccc(C#N)cc2)CN=C1. The lowest BCUT2D eigenvalue weighted by Gasteiger charge is -2.17. The first-order valence-corrected chi connectivity index (χ1v) is 7.15. The molecular formula is C17H21N3. The number of likely N-dealkylation sites (N-methyl/N-ethyl adjacent to an activating group) is 1. The summed E-state index contributed by atoms with van der Waals surface area (Å²) in [6, 6.07) is 9.95. The molecule has 1 aliphatic rings. The Balaban J connectivity index is 2.12. The van der Waals surface area contributed by atoms with E-state index in [1.807, 2.05) is 30.5 Å². The first kappa shape index (κ1) is 14.5. The van der Waals surface area contributed by atoms with Gasteiger partial charge in [0.25, 0.3) is 0 Å². The molecule has 1 aromatic carbocycles. The highest BCUT2D eigenvalue weighted by Gasteiger charge is 2.14. The summed E-state index contributed by atoms with van der Waals surface area (Å²) in [5, 5.41) is 8.85. The fourth-order valence-electron chi connectivity index (χ4n) is 2.38. The maximum atomic E-state index is 8.85. The summed E-state index contributed by atoms with van der Waals surface area (Å²) in [6.07, 6.45) is 4.45. The van der Waals surface area contributed by atoms with E-state index in [1.54, 1.807) is 0 Å². The summed E-state index contributed by atoms with van der Waals surface area (Å²) in [6.45, 7) is 5.03. The van der Waals surface area contributed by atoms with E-state index in [-0.39, 0.29) is 0 Å². The molecule has 3 heteroatoms. The zero-order chi connectivity index (χ0) is 14.4. The van der Waals surface area contributed by atoms with Gasteiger partial charge in [-0.25, -0.2) is 0 Å². The van der Waals surface area contributed by atoms with Crippen LogP contribution in [-0.4, -0.2) is 37.8 Å². The van der Waals surface area contributed by atoms with Crippen LogP contribution in [-0.2, 0) is 0 Å². The van der Waals surface area contributed by atoms with Crippen molar-refractivity contribution in [1.82, 2.24) is 4.90 Å². The van der Waals surface area contributed by atoms with Crippen LogP contribution in [0.4, 0.5) is 0 Å². The van der Waals surface area contributed by atoms with Crippen molar-refractivity contribution in [3.63, 3.8) is 0 Å². The Hall–Kier alpha value is -1.92. The quantitative estimate of drug-likeness (QED) is 0.794. The molecule has 1 aliphatic heterocycles. The van der Waals surface area contributed by atoms with Gasteiger partial charge in [0.15, 0.2) is 0 Å². The summed E-state index contributed by atoms with van der Waals surface area (Å²) >= 11 is 0. The van der Waals surface area contributed by atoms with Gasteiger partial charge in [0, 0.05) is 12.8 Å². The van der Waals surface area contributed by atoms with Crippen molar-refractivity contribution in [2.45, 2.75) is 19.8 Å². The van der Waals surface area contributed by atoms with Gasteiger partial charge >= 0.3 is 0 Å². The Morgan fingerprint density at radius 2 is 2.05 bits per heavy atom.